The lowest BCUT2D eigenvalue weighted by atomic mass is 9.34. The SMILES string of the molecule is [B]C1([B]C(CCCC)CCCNC(=O)N2CC[C@H]3OCC(=O)N[C@@H]3C2)CCCCCCCC1. The minimum Gasteiger partial charge on any atom is -0.366 e. The number of morpholine rings is 1. The molecule has 1 aliphatic carbocycles. The third-order valence-corrected chi connectivity index (χ3v) is 7.67. The molecule has 2 saturated heterocycles. The monoisotopic (exact) mass is 456 g/mol. The van der Waals surface area contributed by atoms with Crippen LogP contribution in [0.3, 0.4) is 0 Å². The first-order chi connectivity index (χ1) is 16.0. The number of unbranched alkanes of at least 4 members (excludes halogenated alkanes) is 1. The number of nitrogens with one attached hydrogen (secondary N) is 2. The van der Waals surface area contributed by atoms with Crippen molar-refractivity contribution in [3.05, 3.63) is 0 Å². The molecule has 33 heavy (non-hydrogen) atoms. The predicted molar refractivity (Wildman–Crippen MR) is 135 cm³/mol. The number of hydrogen-bond acceptors (Lipinski definition) is 3. The molecule has 0 spiro atoms. The van der Waals surface area contributed by atoms with Crippen molar-refractivity contribution >= 4 is 27.1 Å². The van der Waals surface area contributed by atoms with Crippen LogP contribution in [-0.4, -0.2) is 70.4 Å². The van der Waals surface area contributed by atoms with Gasteiger partial charge in [-0.3, -0.25) is 4.79 Å². The van der Waals surface area contributed by atoms with E-state index in [-0.39, 0.29) is 35.9 Å². The number of likely N-dealkylation sites (tertiary alicyclic amines) is 1. The number of carbonyl (C=O) groups excluding carboxylic acids is 2. The molecule has 3 fully saturated rings. The van der Waals surface area contributed by atoms with E-state index in [1.807, 2.05) is 4.90 Å². The van der Waals surface area contributed by atoms with Crippen molar-refractivity contribution in [2.75, 3.05) is 26.2 Å². The maximum atomic E-state index is 12.7. The topological polar surface area (TPSA) is 70.7 Å². The summed E-state index contributed by atoms with van der Waals surface area (Å²) in [7, 11) is 9.40. The normalized spacial score (nSPS) is 26.7. The van der Waals surface area contributed by atoms with Gasteiger partial charge in [0.25, 0.3) is 0 Å². The first kappa shape index (κ1) is 26.4. The van der Waals surface area contributed by atoms with Crippen molar-refractivity contribution < 1.29 is 14.3 Å². The maximum Gasteiger partial charge on any atom is 0.317 e. The predicted octanol–water partition coefficient (Wildman–Crippen LogP) is 4.17. The number of amides is 3. The molecule has 6 nitrogen and oxygen atoms in total. The molecule has 0 bridgehead atoms. The Morgan fingerprint density at radius 3 is 2.64 bits per heavy atom. The van der Waals surface area contributed by atoms with Crippen LogP contribution in [0.1, 0.15) is 96.8 Å². The van der Waals surface area contributed by atoms with E-state index in [0.29, 0.717) is 25.5 Å². The fourth-order valence-corrected chi connectivity index (χ4v) is 5.71. The number of carbonyl (C=O) groups is 2. The highest BCUT2D eigenvalue weighted by Crippen LogP contribution is 2.40. The van der Waals surface area contributed by atoms with Crippen LogP contribution in [-0.2, 0) is 9.53 Å². The smallest absolute Gasteiger partial charge is 0.317 e. The second kappa shape index (κ2) is 13.7. The fraction of sp³-hybridized carbons (Fsp3) is 0.920. The van der Waals surface area contributed by atoms with Crippen LogP contribution in [0.25, 0.3) is 0 Å². The minimum atomic E-state index is -0.122. The van der Waals surface area contributed by atoms with Gasteiger partial charge < -0.3 is 20.3 Å². The van der Waals surface area contributed by atoms with Gasteiger partial charge in [0, 0.05) is 19.6 Å². The van der Waals surface area contributed by atoms with E-state index < -0.39 is 0 Å². The van der Waals surface area contributed by atoms with E-state index in [1.165, 1.54) is 57.8 Å². The summed E-state index contributed by atoms with van der Waals surface area (Å²) in [6.07, 6.45) is 16.5. The van der Waals surface area contributed by atoms with Gasteiger partial charge in [0.2, 0.25) is 5.91 Å². The van der Waals surface area contributed by atoms with Crippen molar-refractivity contribution in [2.24, 2.45) is 0 Å². The second-order valence-corrected chi connectivity index (χ2v) is 10.6. The average Bonchev–Trinajstić information content (AvgIpc) is 2.91. The fourth-order valence-electron chi connectivity index (χ4n) is 5.71. The molecule has 3 radical (unpaired) electrons. The zero-order valence-corrected chi connectivity index (χ0v) is 20.8. The van der Waals surface area contributed by atoms with Crippen molar-refractivity contribution in [3.8, 4) is 0 Å². The van der Waals surface area contributed by atoms with Gasteiger partial charge in [0.15, 0.2) is 0 Å². The number of hydrogen-bond donors (Lipinski definition) is 2. The Balaban J connectivity index is 1.41. The molecule has 3 atom stereocenters. The Kier molecular flexibility index (Phi) is 10.9. The molecular formula is C25H44B2N3O3. The molecule has 1 unspecified atom stereocenters. The third kappa shape index (κ3) is 8.84. The van der Waals surface area contributed by atoms with Crippen molar-refractivity contribution in [2.45, 2.75) is 120 Å². The minimum absolute atomic E-state index is 0.0303. The third-order valence-electron chi connectivity index (χ3n) is 7.67. The number of rotatable bonds is 9. The first-order valence-electron chi connectivity index (χ1n) is 13.6. The summed E-state index contributed by atoms with van der Waals surface area (Å²) in [6.45, 7) is 4.25. The van der Waals surface area contributed by atoms with Crippen LogP contribution in [0.4, 0.5) is 4.79 Å². The largest absolute Gasteiger partial charge is 0.366 e. The lowest BCUT2D eigenvalue weighted by Gasteiger charge is -2.41. The van der Waals surface area contributed by atoms with Gasteiger partial charge in [-0.2, -0.15) is 0 Å². The Morgan fingerprint density at radius 2 is 1.91 bits per heavy atom. The summed E-state index contributed by atoms with van der Waals surface area (Å²) in [5, 5.41) is 5.93. The van der Waals surface area contributed by atoms with Gasteiger partial charge in [-0.25, -0.2) is 4.79 Å². The molecule has 1 saturated carbocycles. The molecule has 2 heterocycles. The van der Waals surface area contributed by atoms with Gasteiger partial charge in [-0.1, -0.05) is 95.0 Å². The van der Waals surface area contributed by atoms with E-state index in [1.54, 1.807) is 0 Å². The summed E-state index contributed by atoms with van der Waals surface area (Å²) >= 11 is 0. The molecule has 0 aromatic rings. The number of urea groups is 1. The molecule has 8 heteroatoms. The highest BCUT2D eigenvalue weighted by molar-refractivity contribution is 6.55. The summed E-state index contributed by atoms with van der Waals surface area (Å²) in [6, 6.07) is -0.124. The lowest BCUT2D eigenvalue weighted by molar-refractivity contribution is -0.139. The van der Waals surface area contributed by atoms with Crippen LogP contribution >= 0.6 is 0 Å². The highest BCUT2D eigenvalue weighted by atomic mass is 16.5. The molecule has 0 aromatic carbocycles. The number of fused-ring (bicyclic) bond motifs is 1. The Bertz CT molecular complexity index is 612. The summed E-state index contributed by atoms with van der Waals surface area (Å²) < 4.78 is 5.59. The number of nitrogens with zero attached hydrogens (tertiary/aromatic N) is 1. The average molecular weight is 456 g/mol. The van der Waals surface area contributed by atoms with Gasteiger partial charge in [0.1, 0.15) is 13.9 Å². The number of ether oxygens (including phenoxy) is 1. The van der Waals surface area contributed by atoms with Gasteiger partial charge in [0.05, 0.1) is 20.0 Å². The lowest BCUT2D eigenvalue weighted by Crippen LogP contribution is -2.62. The van der Waals surface area contributed by atoms with Crippen molar-refractivity contribution in [3.63, 3.8) is 0 Å². The van der Waals surface area contributed by atoms with Gasteiger partial charge in [-0.05, 0) is 12.8 Å². The standard InChI is InChI=1S/C25H44B2N3O3/c1-2-3-11-20(27-25(26)14-8-6-4-5-7-9-15-25)12-10-16-28-24(32)30-17-13-22-21(18-30)29-23(31)19-33-22/h20-22H,2-19H2,1H3,(H,28,32)(H,29,31)/t20?,21-,22-/m1/s1. The van der Waals surface area contributed by atoms with Crippen LogP contribution in [0, 0.1) is 0 Å². The number of piperidine rings is 1. The van der Waals surface area contributed by atoms with Crippen LogP contribution < -0.4 is 10.6 Å². The van der Waals surface area contributed by atoms with E-state index in [2.05, 4.69) is 24.8 Å². The van der Waals surface area contributed by atoms with Crippen molar-refractivity contribution in [1.82, 2.24) is 15.5 Å². The molecule has 0 aromatic heterocycles. The summed E-state index contributed by atoms with van der Waals surface area (Å²) in [4.78, 5) is 26.1. The van der Waals surface area contributed by atoms with Crippen LogP contribution in [0.2, 0.25) is 11.0 Å². The zero-order chi connectivity index (χ0) is 23.5. The summed E-state index contributed by atoms with van der Waals surface area (Å²) in [5.74, 6) is 0.434. The molecular weight excluding hydrogens is 412 g/mol. The maximum absolute atomic E-state index is 12.7. The Labute approximate surface area is 203 Å². The van der Waals surface area contributed by atoms with Crippen LogP contribution in [0.5, 0.6) is 0 Å². The van der Waals surface area contributed by atoms with Gasteiger partial charge >= 0.3 is 6.03 Å². The molecule has 3 rings (SSSR count). The van der Waals surface area contributed by atoms with E-state index in [9.17, 15) is 9.59 Å². The van der Waals surface area contributed by atoms with Crippen LogP contribution in [0.15, 0.2) is 0 Å². The van der Waals surface area contributed by atoms with E-state index >= 15 is 0 Å². The zero-order valence-electron chi connectivity index (χ0n) is 20.8. The molecule has 183 valence electrons. The Morgan fingerprint density at radius 1 is 1.21 bits per heavy atom. The Hall–Kier alpha value is -1.17. The van der Waals surface area contributed by atoms with E-state index in [4.69, 9.17) is 12.6 Å². The van der Waals surface area contributed by atoms with E-state index in [0.717, 1.165) is 32.1 Å². The quantitative estimate of drug-likeness (QED) is 0.404. The molecule has 3 aliphatic rings. The highest BCUT2D eigenvalue weighted by Gasteiger charge is 2.36. The summed E-state index contributed by atoms with van der Waals surface area (Å²) in [5.41, 5.74) is 0. The molecule has 2 aliphatic heterocycles. The second-order valence-electron chi connectivity index (χ2n) is 10.6. The molecule has 2 N–H and O–H groups in total. The van der Waals surface area contributed by atoms with Gasteiger partial charge in [-0.15, -0.1) is 0 Å². The first-order valence-corrected chi connectivity index (χ1v) is 13.6. The molecule has 3 amide bonds. The van der Waals surface area contributed by atoms with Crippen molar-refractivity contribution in [1.29, 1.82) is 0 Å².